The molecular formula is C22H17NO4S. The van der Waals surface area contributed by atoms with Crippen LogP contribution in [0.1, 0.15) is 17.4 Å². The molecule has 4 rings (SSSR count). The second-order valence-corrected chi connectivity index (χ2v) is 7.48. The third-order valence-electron chi connectivity index (χ3n) is 4.52. The molecule has 2 aromatic heterocycles. The highest BCUT2D eigenvalue weighted by atomic mass is 32.1. The number of aliphatic carboxylic acids is 1. The van der Waals surface area contributed by atoms with E-state index in [0.29, 0.717) is 26.7 Å². The molecule has 0 amide bonds. The number of hydrogen-bond acceptors (Lipinski definition) is 5. The lowest BCUT2D eigenvalue weighted by molar-refractivity contribution is -0.136. The van der Waals surface area contributed by atoms with Crippen LogP contribution in [0.15, 0.2) is 63.8 Å². The summed E-state index contributed by atoms with van der Waals surface area (Å²) in [5.41, 5.74) is 2.98. The summed E-state index contributed by atoms with van der Waals surface area (Å²) in [6, 6.07) is 16.9. The first-order valence-corrected chi connectivity index (χ1v) is 9.71. The topological polar surface area (TPSA) is 80.4 Å². The number of nitrogens with zero attached hydrogens (tertiary/aromatic N) is 1. The molecule has 4 aromatic rings. The van der Waals surface area contributed by atoms with Gasteiger partial charge in [0.25, 0.3) is 0 Å². The maximum absolute atomic E-state index is 12.5. The van der Waals surface area contributed by atoms with Crippen LogP contribution >= 0.6 is 11.3 Å². The summed E-state index contributed by atoms with van der Waals surface area (Å²) in [5, 5.41) is 10.6. The predicted octanol–water partition coefficient (Wildman–Crippen LogP) is 4.77. The second-order valence-electron chi connectivity index (χ2n) is 6.40. The fraction of sp³-hybridized carbons (Fsp3) is 0.136. The lowest BCUT2D eigenvalue weighted by atomic mass is 10.1. The van der Waals surface area contributed by atoms with Crippen LogP contribution in [0, 0.1) is 0 Å². The maximum Gasteiger partial charge on any atom is 0.346 e. The number of hydrogen-bond donors (Lipinski definition) is 1. The minimum Gasteiger partial charge on any atom is -0.481 e. The summed E-state index contributed by atoms with van der Waals surface area (Å²) in [6.45, 7) is 2.07. The summed E-state index contributed by atoms with van der Waals surface area (Å²) >= 11 is 1.22. The highest BCUT2D eigenvalue weighted by molar-refractivity contribution is 7.15. The van der Waals surface area contributed by atoms with Gasteiger partial charge < -0.3 is 9.52 Å². The zero-order valence-electron chi connectivity index (χ0n) is 15.1. The van der Waals surface area contributed by atoms with Crippen LogP contribution in [0.2, 0.25) is 0 Å². The highest BCUT2D eigenvalue weighted by Crippen LogP contribution is 2.34. The fourth-order valence-corrected chi connectivity index (χ4v) is 4.14. The van der Waals surface area contributed by atoms with Crippen LogP contribution < -0.4 is 5.63 Å². The van der Waals surface area contributed by atoms with Gasteiger partial charge in [0, 0.05) is 15.8 Å². The van der Waals surface area contributed by atoms with E-state index in [-0.39, 0.29) is 6.42 Å². The van der Waals surface area contributed by atoms with Crippen LogP contribution in [0.25, 0.3) is 32.8 Å². The van der Waals surface area contributed by atoms with Crippen molar-refractivity contribution in [3.8, 4) is 21.8 Å². The normalized spacial score (nSPS) is 11.0. The van der Waals surface area contributed by atoms with Crippen LogP contribution in [0.4, 0.5) is 0 Å². The molecule has 0 spiro atoms. The molecule has 140 valence electrons. The van der Waals surface area contributed by atoms with Crippen molar-refractivity contribution in [2.24, 2.45) is 0 Å². The molecule has 0 aliphatic carbocycles. The van der Waals surface area contributed by atoms with Crippen LogP contribution in [0.3, 0.4) is 0 Å². The standard InChI is InChI=1S/C22H17NO4S/c1-2-13-7-9-14(10-8-13)20-18(12-19(24)25)28-21(23-20)16-11-15-5-3-4-6-17(15)27-22(16)26/h3-11H,2,12H2,1H3,(H,24,25). The highest BCUT2D eigenvalue weighted by Gasteiger charge is 2.19. The average molecular weight is 391 g/mol. The quantitative estimate of drug-likeness (QED) is 0.496. The van der Waals surface area contributed by atoms with Gasteiger partial charge in [0.1, 0.15) is 10.6 Å². The Morgan fingerprint density at radius 1 is 1.14 bits per heavy atom. The van der Waals surface area contributed by atoms with Gasteiger partial charge in [0.05, 0.1) is 17.7 Å². The van der Waals surface area contributed by atoms with E-state index in [9.17, 15) is 14.7 Å². The molecule has 0 radical (unpaired) electrons. The molecule has 28 heavy (non-hydrogen) atoms. The Labute approximate surface area is 164 Å². The fourth-order valence-electron chi connectivity index (χ4n) is 3.06. The monoisotopic (exact) mass is 391 g/mol. The number of aryl methyl sites for hydroxylation is 1. The summed E-state index contributed by atoms with van der Waals surface area (Å²) in [4.78, 5) is 29.1. The molecule has 0 unspecified atom stereocenters. The molecule has 0 aliphatic rings. The van der Waals surface area contributed by atoms with Gasteiger partial charge in [-0.2, -0.15) is 0 Å². The van der Waals surface area contributed by atoms with Gasteiger partial charge in [-0.25, -0.2) is 9.78 Å². The van der Waals surface area contributed by atoms with Crippen molar-refractivity contribution in [2.45, 2.75) is 19.8 Å². The molecule has 0 aliphatic heterocycles. The van der Waals surface area contributed by atoms with Crippen molar-refractivity contribution >= 4 is 28.3 Å². The molecule has 6 heteroatoms. The minimum atomic E-state index is -0.938. The molecular weight excluding hydrogens is 374 g/mol. The van der Waals surface area contributed by atoms with E-state index >= 15 is 0 Å². The molecule has 0 fully saturated rings. The summed E-state index contributed by atoms with van der Waals surface area (Å²) in [5.74, 6) is -0.938. The van der Waals surface area contributed by atoms with Gasteiger partial charge >= 0.3 is 11.6 Å². The third kappa shape index (κ3) is 3.46. The summed E-state index contributed by atoms with van der Waals surface area (Å²) < 4.78 is 5.41. The van der Waals surface area contributed by atoms with Crippen molar-refractivity contribution in [2.75, 3.05) is 0 Å². The van der Waals surface area contributed by atoms with Crippen molar-refractivity contribution in [1.29, 1.82) is 0 Å². The van der Waals surface area contributed by atoms with Gasteiger partial charge in [0.2, 0.25) is 0 Å². The Bertz CT molecular complexity index is 1220. The van der Waals surface area contributed by atoms with E-state index < -0.39 is 11.6 Å². The van der Waals surface area contributed by atoms with Gasteiger partial charge in [-0.05, 0) is 24.1 Å². The van der Waals surface area contributed by atoms with E-state index in [2.05, 4.69) is 11.9 Å². The van der Waals surface area contributed by atoms with Gasteiger partial charge in [-0.15, -0.1) is 11.3 Å². The zero-order chi connectivity index (χ0) is 19.7. The average Bonchev–Trinajstić information content (AvgIpc) is 3.10. The Hall–Kier alpha value is -3.25. The van der Waals surface area contributed by atoms with Crippen LogP contribution in [0.5, 0.6) is 0 Å². The zero-order valence-corrected chi connectivity index (χ0v) is 16.0. The van der Waals surface area contributed by atoms with Crippen LogP contribution in [-0.4, -0.2) is 16.1 Å². The number of fused-ring (bicyclic) bond motifs is 1. The Kier molecular flexibility index (Phi) is 4.79. The van der Waals surface area contributed by atoms with Crippen molar-refractivity contribution in [3.05, 3.63) is 75.5 Å². The summed E-state index contributed by atoms with van der Waals surface area (Å²) in [7, 11) is 0. The van der Waals surface area contributed by atoms with Gasteiger partial charge in [-0.3, -0.25) is 4.79 Å². The predicted molar refractivity (Wildman–Crippen MR) is 110 cm³/mol. The molecule has 0 saturated carbocycles. The first-order chi connectivity index (χ1) is 13.5. The molecule has 0 saturated heterocycles. The lowest BCUT2D eigenvalue weighted by Gasteiger charge is -2.02. The first kappa shape index (κ1) is 18.1. The molecule has 1 N–H and O–H groups in total. The number of thiazole rings is 1. The largest absolute Gasteiger partial charge is 0.481 e. The second kappa shape index (κ2) is 7.40. The molecule has 2 aromatic carbocycles. The molecule has 5 nitrogen and oxygen atoms in total. The molecule has 2 heterocycles. The smallest absolute Gasteiger partial charge is 0.346 e. The Morgan fingerprint density at radius 3 is 2.61 bits per heavy atom. The summed E-state index contributed by atoms with van der Waals surface area (Å²) in [6.07, 6.45) is 0.768. The van der Waals surface area contributed by atoms with E-state index in [4.69, 9.17) is 4.42 Å². The van der Waals surface area contributed by atoms with Gasteiger partial charge in [-0.1, -0.05) is 49.4 Å². The Morgan fingerprint density at radius 2 is 1.89 bits per heavy atom. The number of carboxylic acids is 1. The van der Waals surface area contributed by atoms with E-state index in [1.807, 2.05) is 36.4 Å². The molecule has 0 bridgehead atoms. The van der Waals surface area contributed by atoms with Gasteiger partial charge in [0.15, 0.2) is 0 Å². The van der Waals surface area contributed by atoms with Crippen molar-refractivity contribution in [1.82, 2.24) is 4.98 Å². The SMILES string of the molecule is CCc1ccc(-c2nc(-c3cc4ccccc4oc3=O)sc2CC(=O)O)cc1. The number of carboxylic acid groups (broad SMARTS) is 1. The van der Waals surface area contributed by atoms with E-state index in [0.717, 1.165) is 17.4 Å². The maximum atomic E-state index is 12.5. The van der Waals surface area contributed by atoms with Crippen LogP contribution in [-0.2, 0) is 17.6 Å². The first-order valence-electron chi connectivity index (χ1n) is 8.89. The Balaban J connectivity index is 1.86. The number of benzene rings is 2. The number of aromatic nitrogens is 1. The van der Waals surface area contributed by atoms with Crippen molar-refractivity contribution < 1.29 is 14.3 Å². The van der Waals surface area contributed by atoms with Crippen molar-refractivity contribution in [3.63, 3.8) is 0 Å². The van der Waals surface area contributed by atoms with E-state index in [1.165, 1.54) is 16.9 Å². The molecule has 0 atom stereocenters. The lowest BCUT2D eigenvalue weighted by Crippen LogP contribution is -2.02. The third-order valence-corrected chi connectivity index (χ3v) is 5.61. The number of para-hydroxylation sites is 1. The number of carbonyl (C=O) groups is 1. The number of rotatable bonds is 5. The van der Waals surface area contributed by atoms with E-state index in [1.54, 1.807) is 18.2 Å². The minimum absolute atomic E-state index is 0.151.